The molecule has 1 heterocycles. The van der Waals surface area contributed by atoms with E-state index in [2.05, 4.69) is 32.0 Å². The van der Waals surface area contributed by atoms with E-state index in [1.807, 2.05) is 0 Å². The molecule has 0 fully saturated rings. The molecule has 0 aliphatic carbocycles. The van der Waals surface area contributed by atoms with Crippen LogP contribution in [0, 0.1) is 17.7 Å². The van der Waals surface area contributed by atoms with Crippen LogP contribution in [-0.4, -0.2) is 13.0 Å². The van der Waals surface area contributed by atoms with Crippen LogP contribution in [0.15, 0.2) is 47.4 Å². The van der Waals surface area contributed by atoms with E-state index in [-0.39, 0.29) is 34.5 Å². The van der Waals surface area contributed by atoms with Crippen LogP contribution in [0.25, 0.3) is 10.4 Å². The molecule has 0 radical (unpaired) electrons. The number of benzene rings is 2. The van der Waals surface area contributed by atoms with Crippen LogP contribution >= 0.6 is 32.9 Å². The van der Waals surface area contributed by atoms with Crippen molar-refractivity contribution in [2.75, 3.05) is 0 Å². The van der Waals surface area contributed by atoms with Crippen molar-refractivity contribution in [2.24, 2.45) is 0 Å². The van der Waals surface area contributed by atoms with Crippen LogP contribution in [0.5, 0.6) is 0 Å². The molecule has 0 aliphatic rings. The van der Waals surface area contributed by atoms with Crippen LogP contribution in [0.3, 0.4) is 0 Å². The maximum absolute atomic E-state index is 11.0. The van der Waals surface area contributed by atoms with Crippen LogP contribution < -0.4 is 29.6 Å². The summed E-state index contributed by atoms with van der Waals surface area (Å²) in [5.41, 5.74) is 5.63. The molecule has 1 aromatic heterocycles. The van der Waals surface area contributed by atoms with Crippen LogP contribution in [0.4, 0.5) is 0 Å². The largest absolute Gasteiger partial charge is 1.00 e. The van der Waals surface area contributed by atoms with Crippen LogP contribution in [0.2, 0.25) is 0 Å². The zero-order chi connectivity index (χ0) is 18.2. The molecule has 0 spiro atoms. The van der Waals surface area contributed by atoms with Crippen molar-refractivity contribution < 1.29 is 42.5 Å². The first-order chi connectivity index (χ1) is 11.8. The fraction of sp³-hybridized carbons (Fsp3) is 0.167. The first-order valence-corrected chi connectivity index (χ1v) is 11.5. The average molecular weight is 431 g/mol. The van der Waals surface area contributed by atoms with E-state index in [9.17, 15) is 13.0 Å². The van der Waals surface area contributed by atoms with Crippen LogP contribution in [0.1, 0.15) is 22.3 Å². The topological polar surface area (TPSA) is 57.2 Å². The van der Waals surface area contributed by atoms with Gasteiger partial charge in [-0.15, -0.1) is 0 Å². The van der Waals surface area contributed by atoms with E-state index in [1.165, 1.54) is 23.3 Å². The van der Waals surface area contributed by atoms with Gasteiger partial charge in [-0.1, -0.05) is 63.2 Å². The van der Waals surface area contributed by atoms with Gasteiger partial charge in [-0.3, -0.25) is 0 Å². The molecule has 8 heteroatoms. The molecule has 0 aliphatic heterocycles. The first-order valence-electron chi connectivity index (χ1n) is 7.50. The van der Waals surface area contributed by atoms with Crippen LogP contribution in [-0.2, 0) is 16.5 Å². The first kappa shape index (κ1) is 21.9. The minimum Gasteiger partial charge on any atom is -0.744 e. The molecule has 130 valence electrons. The summed E-state index contributed by atoms with van der Waals surface area (Å²) in [6, 6.07) is 12.4. The molecule has 0 amide bonds. The molecular weight excluding hydrogens is 415 g/mol. The Kier molecular flexibility index (Phi) is 7.38. The van der Waals surface area contributed by atoms with Crippen molar-refractivity contribution >= 4 is 43.0 Å². The zero-order valence-corrected chi connectivity index (χ0v) is 19.9. The third-order valence-electron chi connectivity index (χ3n) is 4.08. The van der Waals surface area contributed by atoms with Gasteiger partial charge < -0.3 is 4.55 Å². The van der Waals surface area contributed by atoms with E-state index in [0.29, 0.717) is 6.42 Å². The van der Waals surface area contributed by atoms with Crippen molar-refractivity contribution in [3.63, 3.8) is 0 Å². The number of aryl methyl sites for hydroxylation is 2. The Morgan fingerprint density at radius 1 is 1.00 bits per heavy atom. The van der Waals surface area contributed by atoms with Gasteiger partial charge in [0.05, 0.1) is 9.77 Å². The second-order valence-corrected chi connectivity index (χ2v) is 10.0. The smallest absolute Gasteiger partial charge is 0.744 e. The Morgan fingerprint density at radius 2 is 1.65 bits per heavy atom. The van der Waals surface area contributed by atoms with Gasteiger partial charge in [0.2, 0.25) is 0 Å². The normalized spacial score (nSPS) is 11.2. The monoisotopic (exact) mass is 430 g/mol. The number of hydrogen-bond donors (Lipinski definition) is 0. The summed E-state index contributed by atoms with van der Waals surface area (Å²) in [7, 11) is -1.18. The van der Waals surface area contributed by atoms with Gasteiger partial charge in [0.15, 0.2) is 0 Å². The molecule has 3 aromatic rings. The van der Waals surface area contributed by atoms with E-state index in [1.54, 1.807) is 32.8 Å². The third kappa shape index (κ3) is 4.91. The maximum Gasteiger partial charge on any atom is 1.00 e. The Hall–Kier alpha value is -0.380. The van der Waals surface area contributed by atoms with E-state index in [4.69, 9.17) is 12.2 Å². The predicted molar refractivity (Wildman–Crippen MR) is 105 cm³/mol. The number of rotatable bonds is 4. The standard InChI is InChI=1S/C18H16O3S4.Na/c1-11-3-6-14(9-12(11)2)17-16(18(22)24-23-17)10-13-4-7-15(8-5-13)25(19,20)21;/h3-9H,10H2,1-2H3,(H,19,20,21);/q;+1/p-1. The van der Waals surface area contributed by atoms with Gasteiger partial charge >= 0.3 is 29.6 Å². The molecule has 0 bridgehead atoms. The molecular formula is C18H15NaO3S4. The van der Waals surface area contributed by atoms with Crippen molar-refractivity contribution in [1.29, 1.82) is 0 Å². The van der Waals surface area contributed by atoms with Crippen molar-refractivity contribution in [1.82, 2.24) is 0 Å². The molecule has 0 atom stereocenters. The third-order valence-corrected chi connectivity index (χ3v) is 8.13. The summed E-state index contributed by atoms with van der Waals surface area (Å²) in [4.78, 5) is 0.941. The molecule has 0 saturated heterocycles. The summed E-state index contributed by atoms with van der Waals surface area (Å²) in [5.74, 6) is 0. The summed E-state index contributed by atoms with van der Waals surface area (Å²) in [6.07, 6.45) is 0.611. The van der Waals surface area contributed by atoms with Gasteiger partial charge in [0.25, 0.3) is 0 Å². The Balaban J connectivity index is 0.00000243. The number of hydrogen-bond acceptors (Lipinski definition) is 6. The van der Waals surface area contributed by atoms with Gasteiger partial charge in [0.1, 0.15) is 13.9 Å². The Morgan fingerprint density at radius 3 is 2.23 bits per heavy atom. The minimum atomic E-state index is -4.42. The van der Waals surface area contributed by atoms with Gasteiger partial charge in [0, 0.05) is 12.0 Å². The molecule has 0 saturated carbocycles. The molecule has 3 nitrogen and oxygen atoms in total. The molecule has 2 aromatic carbocycles. The minimum absolute atomic E-state index is 0. The fourth-order valence-electron chi connectivity index (χ4n) is 2.51. The zero-order valence-electron chi connectivity index (χ0n) is 14.6. The fourth-order valence-corrected chi connectivity index (χ4v) is 5.89. The van der Waals surface area contributed by atoms with Gasteiger partial charge in [-0.25, -0.2) is 8.42 Å². The summed E-state index contributed by atoms with van der Waals surface area (Å²) in [6.45, 7) is 4.17. The van der Waals surface area contributed by atoms with E-state index in [0.717, 1.165) is 25.4 Å². The Bertz CT molecular complexity index is 1080. The summed E-state index contributed by atoms with van der Waals surface area (Å²) < 4.78 is 34.0. The second kappa shape index (κ2) is 8.75. The van der Waals surface area contributed by atoms with Crippen molar-refractivity contribution in [3.8, 4) is 10.4 Å². The quantitative estimate of drug-likeness (QED) is 0.276. The molecule has 0 N–H and O–H groups in total. The Labute approximate surface area is 188 Å². The molecule has 26 heavy (non-hydrogen) atoms. The van der Waals surface area contributed by atoms with Gasteiger partial charge in [-0.2, -0.15) is 0 Å². The average Bonchev–Trinajstić information content (AvgIpc) is 2.91. The summed E-state index contributed by atoms with van der Waals surface area (Å²) in [5, 5.41) is 0. The SMILES string of the molecule is Cc1ccc(-c2ssc(=S)c2Cc2ccc(S(=O)(=O)[O-])cc2)cc1C.[Na+]. The van der Waals surface area contributed by atoms with Crippen molar-refractivity contribution in [3.05, 3.63) is 68.5 Å². The predicted octanol–water partition coefficient (Wildman–Crippen LogP) is 2.32. The van der Waals surface area contributed by atoms with Crippen molar-refractivity contribution in [2.45, 2.75) is 25.2 Å². The van der Waals surface area contributed by atoms with E-state index < -0.39 is 10.1 Å². The summed E-state index contributed by atoms with van der Waals surface area (Å²) >= 11 is 5.50. The molecule has 3 rings (SSSR count). The maximum atomic E-state index is 11.0. The van der Waals surface area contributed by atoms with Gasteiger partial charge in [-0.05, 0) is 48.2 Å². The van der Waals surface area contributed by atoms with E-state index >= 15 is 0 Å². The molecule has 0 unspecified atom stereocenters. The second-order valence-electron chi connectivity index (χ2n) is 5.84.